The van der Waals surface area contributed by atoms with Crippen molar-refractivity contribution >= 4 is 0 Å². The smallest absolute Gasteiger partial charge is 0.243 e. The van der Waals surface area contributed by atoms with E-state index in [4.69, 9.17) is 9.26 Å². The fraction of sp³-hybridized carbons (Fsp3) is 0.846. The monoisotopic (exact) mass is 266 g/mol. The molecule has 2 fully saturated rings. The fourth-order valence-electron chi connectivity index (χ4n) is 2.92. The van der Waals surface area contributed by atoms with E-state index >= 15 is 0 Å². The molecule has 3 rings (SSSR count). The third-order valence-corrected chi connectivity index (χ3v) is 4.02. The van der Waals surface area contributed by atoms with Gasteiger partial charge in [-0.1, -0.05) is 12.1 Å². The summed E-state index contributed by atoms with van der Waals surface area (Å²) in [5.41, 5.74) is 0. The Kier molecular flexibility index (Phi) is 3.81. The third kappa shape index (κ3) is 2.66. The van der Waals surface area contributed by atoms with E-state index in [-0.39, 0.29) is 12.1 Å². The summed E-state index contributed by atoms with van der Waals surface area (Å²) in [5, 5.41) is 7.35. The minimum absolute atomic E-state index is 0.0410. The van der Waals surface area contributed by atoms with Crippen LogP contribution in [0.2, 0.25) is 0 Å². The number of aromatic nitrogens is 2. The molecule has 6 nitrogen and oxygen atoms in total. The van der Waals surface area contributed by atoms with Gasteiger partial charge in [0.05, 0.1) is 12.6 Å². The van der Waals surface area contributed by atoms with Crippen LogP contribution in [0.5, 0.6) is 0 Å². The fourth-order valence-corrected chi connectivity index (χ4v) is 2.92. The second kappa shape index (κ2) is 5.56. The Hall–Kier alpha value is -0.980. The summed E-state index contributed by atoms with van der Waals surface area (Å²) in [6, 6.07) is 0.692. The van der Waals surface area contributed by atoms with E-state index in [0.29, 0.717) is 17.8 Å². The number of ether oxygens (including phenoxy) is 1. The maximum absolute atomic E-state index is 5.88. The molecule has 1 aromatic heterocycles. The van der Waals surface area contributed by atoms with Gasteiger partial charge in [-0.15, -0.1) is 0 Å². The molecule has 6 heteroatoms. The molecule has 0 spiro atoms. The highest BCUT2D eigenvalue weighted by atomic mass is 16.5. The Labute approximate surface area is 113 Å². The molecular weight excluding hydrogens is 244 g/mol. The Balaban J connectivity index is 1.66. The Bertz CT molecular complexity index is 423. The first-order valence-corrected chi connectivity index (χ1v) is 7.20. The van der Waals surface area contributed by atoms with Crippen LogP contribution in [-0.4, -0.2) is 47.3 Å². The molecule has 0 bridgehead atoms. The number of nitrogens with one attached hydrogen (secondary N) is 1. The lowest BCUT2D eigenvalue weighted by molar-refractivity contribution is -0.0548. The molecule has 2 aliphatic heterocycles. The first-order chi connectivity index (χ1) is 9.28. The molecule has 0 radical (unpaired) electrons. The molecule has 19 heavy (non-hydrogen) atoms. The highest BCUT2D eigenvalue weighted by Crippen LogP contribution is 2.29. The number of fused-ring (bicyclic) bond motifs is 1. The molecule has 1 aromatic rings. The minimum atomic E-state index is -0.0410. The van der Waals surface area contributed by atoms with Crippen LogP contribution in [0.1, 0.15) is 50.6 Å². The molecule has 106 valence electrons. The number of nitrogens with zero attached hydrogens (tertiary/aromatic N) is 3. The highest BCUT2D eigenvalue weighted by molar-refractivity contribution is 4.98. The topological polar surface area (TPSA) is 63.4 Å². The van der Waals surface area contributed by atoms with Crippen molar-refractivity contribution < 1.29 is 9.26 Å². The molecule has 3 heterocycles. The summed E-state index contributed by atoms with van der Waals surface area (Å²) in [5.74, 6) is 1.33. The van der Waals surface area contributed by atoms with Gasteiger partial charge in [0, 0.05) is 12.6 Å². The predicted octanol–water partition coefficient (Wildman–Crippen LogP) is 1.28. The zero-order valence-electron chi connectivity index (χ0n) is 11.6. The largest absolute Gasteiger partial charge is 0.367 e. The molecule has 2 aliphatic rings. The molecule has 1 N–H and O–H groups in total. The van der Waals surface area contributed by atoms with Crippen molar-refractivity contribution in [3.05, 3.63) is 11.7 Å². The van der Waals surface area contributed by atoms with Crippen molar-refractivity contribution in [1.82, 2.24) is 20.4 Å². The number of hydrogen-bond donors (Lipinski definition) is 1. The molecule has 0 aromatic carbocycles. The van der Waals surface area contributed by atoms with E-state index in [1.807, 2.05) is 6.92 Å². The van der Waals surface area contributed by atoms with Gasteiger partial charge in [-0.25, -0.2) is 0 Å². The first-order valence-electron chi connectivity index (χ1n) is 7.20. The van der Waals surface area contributed by atoms with Crippen LogP contribution in [-0.2, 0) is 4.74 Å². The van der Waals surface area contributed by atoms with Gasteiger partial charge in [-0.05, 0) is 32.9 Å². The summed E-state index contributed by atoms with van der Waals surface area (Å²) < 4.78 is 11.2. The van der Waals surface area contributed by atoms with E-state index in [1.165, 1.54) is 19.4 Å². The van der Waals surface area contributed by atoms with Gasteiger partial charge in [-0.3, -0.25) is 4.90 Å². The van der Waals surface area contributed by atoms with Gasteiger partial charge in [0.25, 0.3) is 0 Å². The molecule has 0 amide bonds. The molecule has 0 saturated carbocycles. The summed E-state index contributed by atoms with van der Waals surface area (Å²) in [6.45, 7) is 7.82. The van der Waals surface area contributed by atoms with Crippen molar-refractivity contribution in [2.45, 2.75) is 44.9 Å². The lowest BCUT2D eigenvalue weighted by atomic mass is 10.2. The zero-order chi connectivity index (χ0) is 13.2. The summed E-state index contributed by atoms with van der Waals surface area (Å²) >= 11 is 0. The first kappa shape index (κ1) is 13.0. The molecule has 2 saturated heterocycles. The van der Waals surface area contributed by atoms with E-state index in [2.05, 4.69) is 27.3 Å². The average Bonchev–Trinajstić information content (AvgIpc) is 3.07. The van der Waals surface area contributed by atoms with E-state index in [1.54, 1.807) is 0 Å². The van der Waals surface area contributed by atoms with Crippen molar-refractivity contribution in [3.8, 4) is 0 Å². The highest BCUT2D eigenvalue weighted by Gasteiger charge is 2.35. The van der Waals surface area contributed by atoms with Gasteiger partial charge in [0.2, 0.25) is 11.7 Å². The van der Waals surface area contributed by atoms with Crippen molar-refractivity contribution in [3.63, 3.8) is 0 Å². The number of morpholine rings is 1. The Morgan fingerprint density at radius 2 is 2.42 bits per heavy atom. The summed E-state index contributed by atoms with van der Waals surface area (Å²) in [7, 11) is 0. The van der Waals surface area contributed by atoms with Crippen LogP contribution in [0.3, 0.4) is 0 Å². The van der Waals surface area contributed by atoms with E-state index < -0.39 is 0 Å². The second-order valence-corrected chi connectivity index (χ2v) is 5.38. The lowest BCUT2D eigenvalue weighted by Crippen LogP contribution is -2.42. The van der Waals surface area contributed by atoms with Crippen LogP contribution in [0.4, 0.5) is 0 Å². The van der Waals surface area contributed by atoms with Gasteiger partial charge >= 0.3 is 0 Å². The molecular formula is C13H22N4O2. The van der Waals surface area contributed by atoms with Gasteiger partial charge in [0.15, 0.2) is 0 Å². The Morgan fingerprint density at radius 1 is 1.53 bits per heavy atom. The van der Waals surface area contributed by atoms with Crippen LogP contribution < -0.4 is 5.32 Å². The van der Waals surface area contributed by atoms with Gasteiger partial charge in [-0.2, -0.15) is 4.98 Å². The number of hydrogen-bond acceptors (Lipinski definition) is 6. The van der Waals surface area contributed by atoms with Crippen LogP contribution in [0.15, 0.2) is 4.52 Å². The van der Waals surface area contributed by atoms with Crippen molar-refractivity contribution in [1.29, 1.82) is 0 Å². The Morgan fingerprint density at radius 3 is 3.26 bits per heavy atom. The second-order valence-electron chi connectivity index (χ2n) is 5.38. The summed E-state index contributed by atoms with van der Waals surface area (Å²) in [6.07, 6.45) is 2.48. The van der Waals surface area contributed by atoms with E-state index in [0.717, 1.165) is 19.7 Å². The van der Waals surface area contributed by atoms with E-state index in [9.17, 15) is 0 Å². The van der Waals surface area contributed by atoms with Gasteiger partial charge in [0.1, 0.15) is 6.10 Å². The summed E-state index contributed by atoms with van der Waals surface area (Å²) in [4.78, 5) is 6.96. The number of rotatable bonds is 4. The molecule has 3 unspecified atom stereocenters. The standard InChI is InChI=1S/C13H22N4O2/c1-3-14-9(2)13-15-12(16-19-13)11-7-17-6-4-5-10(17)8-18-11/h9-11,14H,3-8H2,1-2H3. The van der Waals surface area contributed by atoms with Gasteiger partial charge < -0.3 is 14.6 Å². The van der Waals surface area contributed by atoms with Crippen molar-refractivity contribution in [2.24, 2.45) is 0 Å². The minimum Gasteiger partial charge on any atom is -0.367 e. The van der Waals surface area contributed by atoms with Crippen LogP contribution in [0.25, 0.3) is 0 Å². The van der Waals surface area contributed by atoms with Crippen LogP contribution >= 0.6 is 0 Å². The maximum atomic E-state index is 5.88. The molecule has 0 aliphatic carbocycles. The normalized spacial score (nSPS) is 29.4. The molecule has 3 atom stereocenters. The SMILES string of the molecule is CCNC(C)c1nc(C2CN3CCCC3CO2)no1. The predicted molar refractivity (Wildman–Crippen MR) is 69.7 cm³/mol. The lowest BCUT2D eigenvalue weighted by Gasteiger charge is -2.33. The maximum Gasteiger partial charge on any atom is 0.243 e. The quantitative estimate of drug-likeness (QED) is 0.885. The van der Waals surface area contributed by atoms with Crippen molar-refractivity contribution in [2.75, 3.05) is 26.2 Å². The average molecular weight is 266 g/mol. The zero-order valence-corrected chi connectivity index (χ0v) is 11.6. The third-order valence-electron chi connectivity index (χ3n) is 4.02. The van der Waals surface area contributed by atoms with Crippen LogP contribution in [0, 0.1) is 0 Å².